The number of hydrogen-bond donors (Lipinski definition) is 0. The van der Waals surface area contributed by atoms with Crippen molar-refractivity contribution in [3.63, 3.8) is 0 Å². The maximum atomic E-state index is 2.28. The first-order valence-corrected chi connectivity index (χ1v) is 7.79. The van der Waals surface area contributed by atoms with Gasteiger partial charge >= 0.3 is 0 Å². The second-order valence-electron chi connectivity index (χ2n) is 6.14. The van der Waals surface area contributed by atoms with Gasteiger partial charge in [0.25, 0.3) is 0 Å². The lowest BCUT2D eigenvalue weighted by atomic mass is 10.0. The zero-order chi connectivity index (χ0) is 13.7. The van der Waals surface area contributed by atoms with E-state index in [0.717, 1.165) is 0 Å². The average Bonchev–Trinajstić information content (AvgIpc) is 2.50. The fourth-order valence-corrected chi connectivity index (χ4v) is 3.50. The van der Waals surface area contributed by atoms with Gasteiger partial charge in [0.1, 0.15) is 13.1 Å². The molecule has 0 aliphatic carbocycles. The summed E-state index contributed by atoms with van der Waals surface area (Å²) in [6.45, 7) is 5.00. The largest absolute Gasteiger partial charge is 0.316 e. The van der Waals surface area contributed by atoms with Crippen LogP contribution in [0.15, 0.2) is 60.7 Å². The summed E-state index contributed by atoms with van der Waals surface area (Å²) in [6, 6.07) is 22.0. The Hall–Kier alpha value is -1.60. The third-order valence-electron chi connectivity index (χ3n) is 4.49. The zero-order valence-electron chi connectivity index (χ0n) is 12.2. The molecule has 1 aliphatic rings. The molecule has 0 unspecified atom stereocenters. The Kier molecular flexibility index (Phi) is 4.17. The lowest BCUT2D eigenvalue weighted by Crippen LogP contribution is -2.49. The van der Waals surface area contributed by atoms with Crippen LogP contribution in [0.4, 0.5) is 0 Å². The molecular formula is C19H24N+. The van der Waals surface area contributed by atoms with Crippen LogP contribution in [0.5, 0.6) is 0 Å². The van der Waals surface area contributed by atoms with Crippen molar-refractivity contribution in [3.8, 4) is 0 Å². The average molecular weight is 266 g/mol. The Bertz CT molecular complexity index is 468. The first-order valence-electron chi connectivity index (χ1n) is 7.79. The van der Waals surface area contributed by atoms with Crippen LogP contribution in [0.2, 0.25) is 0 Å². The number of hydrogen-bond acceptors (Lipinski definition) is 0. The van der Waals surface area contributed by atoms with Crippen LogP contribution in [-0.2, 0) is 13.1 Å². The molecule has 104 valence electrons. The third kappa shape index (κ3) is 3.29. The zero-order valence-corrected chi connectivity index (χ0v) is 12.2. The second-order valence-corrected chi connectivity index (χ2v) is 6.14. The van der Waals surface area contributed by atoms with Crippen LogP contribution in [0, 0.1) is 0 Å². The summed E-state index contributed by atoms with van der Waals surface area (Å²) in [4.78, 5) is 0. The molecule has 0 aromatic heterocycles. The number of rotatable bonds is 4. The van der Waals surface area contributed by atoms with Crippen molar-refractivity contribution < 1.29 is 4.48 Å². The SMILES string of the molecule is c1ccc(C[N+]2(Cc3ccccc3)CCCCC2)cc1. The van der Waals surface area contributed by atoms with E-state index in [-0.39, 0.29) is 0 Å². The molecule has 0 bridgehead atoms. The van der Waals surface area contributed by atoms with Gasteiger partial charge in [-0.15, -0.1) is 0 Å². The van der Waals surface area contributed by atoms with Crippen molar-refractivity contribution in [2.75, 3.05) is 13.1 Å². The predicted octanol–water partition coefficient (Wildman–Crippen LogP) is 4.39. The molecule has 1 nitrogen and oxygen atoms in total. The minimum atomic E-state index is 1.18. The van der Waals surface area contributed by atoms with Crippen molar-refractivity contribution in [3.05, 3.63) is 71.8 Å². The summed E-state index contributed by atoms with van der Waals surface area (Å²) in [5.74, 6) is 0. The summed E-state index contributed by atoms with van der Waals surface area (Å²) >= 11 is 0. The van der Waals surface area contributed by atoms with Crippen molar-refractivity contribution in [1.29, 1.82) is 0 Å². The molecule has 0 spiro atoms. The van der Waals surface area contributed by atoms with Gasteiger partial charge in [-0.1, -0.05) is 60.7 Å². The number of likely N-dealkylation sites (tertiary alicyclic amines) is 1. The van der Waals surface area contributed by atoms with E-state index in [1.807, 2.05) is 0 Å². The molecule has 0 N–H and O–H groups in total. The van der Waals surface area contributed by atoms with E-state index >= 15 is 0 Å². The molecule has 0 amide bonds. The van der Waals surface area contributed by atoms with Crippen LogP contribution >= 0.6 is 0 Å². The molecule has 1 heteroatoms. The third-order valence-corrected chi connectivity index (χ3v) is 4.49. The summed E-state index contributed by atoms with van der Waals surface area (Å²) in [5.41, 5.74) is 2.95. The van der Waals surface area contributed by atoms with E-state index in [9.17, 15) is 0 Å². The highest BCUT2D eigenvalue weighted by molar-refractivity contribution is 5.15. The van der Waals surface area contributed by atoms with E-state index < -0.39 is 0 Å². The van der Waals surface area contributed by atoms with E-state index in [1.165, 1.54) is 61.1 Å². The first-order chi connectivity index (χ1) is 9.86. The lowest BCUT2D eigenvalue weighted by Gasteiger charge is -2.42. The first kappa shape index (κ1) is 13.4. The van der Waals surface area contributed by atoms with Crippen molar-refractivity contribution >= 4 is 0 Å². The van der Waals surface area contributed by atoms with Gasteiger partial charge in [0.15, 0.2) is 0 Å². The highest BCUT2D eigenvalue weighted by Gasteiger charge is 2.30. The molecule has 2 aromatic rings. The normalized spacial score (nSPS) is 17.8. The molecule has 2 aromatic carbocycles. The topological polar surface area (TPSA) is 0 Å². The van der Waals surface area contributed by atoms with Crippen molar-refractivity contribution in [2.24, 2.45) is 0 Å². The molecule has 1 heterocycles. The van der Waals surface area contributed by atoms with E-state index in [0.29, 0.717) is 0 Å². The Morgan fingerprint density at radius 1 is 0.600 bits per heavy atom. The molecule has 1 aliphatic heterocycles. The minimum Gasteiger partial charge on any atom is -0.316 e. The highest BCUT2D eigenvalue weighted by Crippen LogP contribution is 2.26. The molecule has 0 saturated carbocycles. The van der Waals surface area contributed by atoms with E-state index in [2.05, 4.69) is 60.7 Å². The number of benzene rings is 2. The molecule has 0 radical (unpaired) electrons. The van der Waals surface area contributed by atoms with Crippen LogP contribution in [0.3, 0.4) is 0 Å². The van der Waals surface area contributed by atoms with Crippen LogP contribution in [0.25, 0.3) is 0 Å². The monoisotopic (exact) mass is 266 g/mol. The van der Waals surface area contributed by atoms with Gasteiger partial charge in [0, 0.05) is 11.1 Å². The Labute approximate surface area is 122 Å². The predicted molar refractivity (Wildman–Crippen MR) is 84.1 cm³/mol. The van der Waals surface area contributed by atoms with Crippen LogP contribution in [-0.4, -0.2) is 17.6 Å². The summed E-state index contributed by atoms with van der Waals surface area (Å²) in [6.07, 6.45) is 4.16. The number of piperidine rings is 1. The molecule has 0 atom stereocenters. The quantitative estimate of drug-likeness (QED) is 0.720. The Morgan fingerprint density at radius 3 is 1.50 bits per heavy atom. The Balaban J connectivity index is 1.81. The van der Waals surface area contributed by atoms with E-state index in [1.54, 1.807) is 0 Å². The van der Waals surface area contributed by atoms with Crippen molar-refractivity contribution in [1.82, 2.24) is 0 Å². The fourth-order valence-electron chi connectivity index (χ4n) is 3.50. The van der Waals surface area contributed by atoms with Gasteiger partial charge in [0.2, 0.25) is 0 Å². The molecule has 3 rings (SSSR count). The van der Waals surface area contributed by atoms with Gasteiger partial charge in [-0.05, 0) is 19.3 Å². The fraction of sp³-hybridized carbons (Fsp3) is 0.368. The van der Waals surface area contributed by atoms with Gasteiger partial charge in [-0.2, -0.15) is 0 Å². The van der Waals surface area contributed by atoms with Gasteiger partial charge in [0.05, 0.1) is 13.1 Å². The van der Waals surface area contributed by atoms with Gasteiger partial charge in [-0.25, -0.2) is 0 Å². The number of nitrogens with zero attached hydrogens (tertiary/aromatic N) is 1. The maximum absolute atomic E-state index is 2.28. The lowest BCUT2D eigenvalue weighted by molar-refractivity contribution is -0.957. The smallest absolute Gasteiger partial charge is 0.105 e. The maximum Gasteiger partial charge on any atom is 0.105 e. The molecule has 1 fully saturated rings. The molecular weight excluding hydrogens is 242 g/mol. The minimum absolute atomic E-state index is 1.18. The van der Waals surface area contributed by atoms with Crippen LogP contribution < -0.4 is 0 Å². The Morgan fingerprint density at radius 2 is 1.05 bits per heavy atom. The second kappa shape index (κ2) is 6.23. The van der Waals surface area contributed by atoms with Gasteiger partial charge < -0.3 is 4.48 Å². The van der Waals surface area contributed by atoms with Crippen LogP contribution in [0.1, 0.15) is 30.4 Å². The molecule has 20 heavy (non-hydrogen) atoms. The summed E-state index contributed by atoms with van der Waals surface area (Å²) < 4.78 is 1.23. The number of quaternary nitrogens is 1. The highest BCUT2D eigenvalue weighted by atomic mass is 15.4. The molecule has 1 saturated heterocycles. The van der Waals surface area contributed by atoms with E-state index in [4.69, 9.17) is 0 Å². The van der Waals surface area contributed by atoms with Crippen molar-refractivity contribution in [2.45, 2.75) is 32.4 Å². The van der Waals surface area contributed by atoms with Gasteiger partial charge in [-0.3, -0.25) is 0 Å². The standard InChI is InChI=1S/C19H24N/c1-4-10-18(11-5-1)16-20(14-8-3-9-15-20)17-19-12-6-2-7-13-19/h1-2,4-7,10-13H,3,8-9,14-17H2/q+1. The summed E-state index contributed by atoms with van der Waals surface area (Å²) in [5, 5.41) is 0. The summed E-state index contributed by atoms with van der Waals surface area (Å²) in [7, 11) is 0.